The first kappa shape index (κ1) is 24.6. The van der Waals surface area contributed by atoms with Crippen molar-refractivity contribution < 1.29 is 22.7 Å². The summed E-state index contributed by atoms with van der Waals surface area (Å²) in [5.74, 6) is -1.57. The average molecular weight is 494 g/mol. The van der Waals surface area contributed by atoms with Gasteiger partial charge in [0.05, 0.1) is 23.3 Å². The summed E-state index contributed by atoms with van der Waals surface area (Å²) in [6.07, 6.45) is 5.22. The summed E-state index contributed by atoms with van der Waals surface area (Å²) in [6, 6.07) is 7.41. The van der Waals surface area contributed by atoms with Gasteiger partial charge >= 0.3 is 6.61 Å². The van der Waals surface area contributed by atoms with Gasteiger partial charge in [0.15, 0.2) is 0 Å². The van der Waals surface area contributed by atoms with Crippen LogP contribution in [-0.2, 0) is 6.42 Å². The molecule has 0 fully saturated rings. The van der Waals surface area contributed by atoms with Crippen LogP contribution in [0.3, 0.4) is 0 Å². The maximum absolute atomic E-state index is 15.1. The van der Waals surface area contributed by atoms with E-state index in [0.717, 1.165) is 0 Å². The Hall–Kier alpha value is -4.54. The van der Waals surface area contributed by atoms with Crippen molar-refractivity contribution in [1.29, 1.82) is 0 Å². The van der Waals surface area contributed by atoms with Gasteiger partial charge in [-0.2, -0.15) is 8.78 Å². The minimum Gasteiger partial charge on any atom is -0.433 e. The number of ether oxygens (including phenoxy) is 1. The zero-order chi connectivity index (χ0) is 25.8. The van der Waals surface area contributed by atoms with Crippen molar-refractivity contribution in [1.82, 2.24) is 19.9 Å². The molecule has 0 aliphatic carbocycles. The molecule has 0 saturated heterocycles. The fourth-order valence-electron chi connectivity index (χ4n) is 3.78. The molecule has 3 aromatic heterocycles. The Morgan fingerprint density at radius 3 is 2.53 bits per heavy atom. The third-order valence-electron chi connectivity index (χ3n) is 5.26. The second kappa shape index (κ2) is 10.4. The standard InChI is InChI=1S/C25H21F3N6O2/c1-13-8-15(9-14(2)33-13)16-10-18(26)22(29)17(11-19-21(36-25(27)28)4-3-5-31-19)23(16)34-24(35)20-12-30-6-7-32-20/h3-10,12,25H,11,29H2,1-2H3,(H,34,35). The molecular formula is C25H21F3N6O2. The van der Waals surface area contributed by atoms with Crippen LogP contribution in [0.15, 0.2) is 55.1 Å². The minimum absolute atomic E-state index is 0.0129. The number of amides is 1. The highest BCUT2D eigenvalue weighted by molar-refractivity contribution is 6.06. The molecule has 0 unspecified atom stereocenters. The Balaban J connectivity index is 1.91. The van der Waals surface area contributed by atoms with Crippen LogP contribution in [0.2, 0.25) is 0 Å². The van der Waals surface area contributed by atoms with Gasteiger partial charge in [-0.05, 0) is 49.7 Å². The van der Waals surface area contributed by atoms with Crippen LogP contribution in [0.5, 0.6) is 5.75 Å². The van der Waals surface area contributed by atoms with Crippen molar-refractivity contribution in [3.05, 3.63) is 89.3 Å². The zero-order valence-corrected chi connectivity index (χ0v) is 19.3. The summed E-state index contributed by atoms with van der Waals surface area (Å²) < 4.78 is 45.7. The molecule has 4 rings (SSSR count). The Bertz CT molecular complexity index is 1400. The molecule has 0 aliphatic heterocycles. The third kappa shape index (κ3) is 5.40. The van der Waals surface area contributed by atoms with E-state index >= 15 is 4.39 Å². The fourth-order valence-corrected chi connectivity index (χ4v) is 3.78. The van der Waals surface area contributed by atoms with Crippen LogP contribution in [0.25, 0.3) is 11.1 Å². The quantitative estimate of drug-likeness (QED) is 0.357. The van der Waals surface area contributed by atoms with Gasteiger partial charge < -0.3 is 15.8 Å². The molecular weight excluding hydrogens is 473 g/mol. The van der Waals surface area contributed by atoms with E-state index in [1.54, 1.807) is 26.0 Å². The number of halogens is 3. The van der Waals surface area contributed by atoms with Gasteiger partial charge in [0.1, 0.15) is 17.3 Å². The number of nitrogen functional groups attached to an aromatic ring is 1. The molecule has 36 heavy (non-hydrogen) atoms. The lowest BCUT2D eigenvalue weighted by Crippen LogP contribution is -2.18. The second-order valence-electron chi connectivity index (χ2n) is 7.86. The first-order chi connectivity index (χ1) is 17.2. The fraction of sp³-hybridized carbons (Fsp3) is 0.160. The largest absolute Gasteiger partial charge is 0.433 e. The summed E-state index contributed by atoms with van der Waals surface area (Å²) in [5.41, 5.74) is 8.47. The molecule has 0 spiro atoms. The van der Waals surface area contributed by atoms with Gasteiger partial charge in [0.2, 0.25) is 0 Å². The number of rotatable bonds is 7. The first-order valence-corrected chi connectivity index (χ1v) is 10.8. The number of carbonyl (C=O) groups is 1. The minimum atomic E-state index is -3.09. The van der Waals surface area contributed by atoms with E-state index in [0.29, 0.717) is 22.5 Å². The Morgan fingerprint density at radius 1 is 1.11 bits per heavy atom. The number of carbonyl (C=O) groups excluding carboxylic acids is 1. The molecule has 11 heteroatoms. The van der Waals surface area contributed by atoms with Crippen molar-refractivity contribution in [2.24, 2.45) is 0 Å². The first-order valence-electron chi connectivity index (χ1n) is 10.8. The summed E-state index contributed by atoms with van der Waals surface area (Å²) in [4.78, 5) is 29.4. The van der Waals surface area contributed by atoms with E-state index in [2.05, 4.69) is 30.0 Å². The monoisotopic (exact) mass is 494 g/mol. The molecule has 3 heterocycles. The number of nitrogens with two attached hydrogens (primary N) is 1. The van der Waals surface area contributed by atoms with Gasteiger partial charge in [0, 0.05) is 47.5 Å². The van der Waals surface area contributed by atoms with E-state index in [9.17, 15) is 13.6 Å². The number of hydrogen-bond donors (Lipinski definition) is 2. The van der Waals surface area contributed by atoms with Crippen molar-refractivity contribution in [2.75, 3.05) is 11.1 Å². The number of alkyl halides is 2. The number of aromatic nitrogens is 4. The number of pyridine rings is 2. The van der Waals surface area contributed by atoms with Crippen molar-refractivity contribution in [3.8, 4) is 16.9 Å². The normalized spacial score (nSPS) is 10.9. The molecule has 1 aromatic carbocycles. The van der Waals surface area contributed by atoms with Gasteiger partial charge in [-0.15, -0.1) is 0 Å². The SMILES string of the molecule is Cc1cc(-c2cc(F)c(N)c(Cc3ncccc3OC(F)F)c2NC(=O)c2cnccn2)cc(C)n1. The molecule has 4 aromatic rings. The van der Waals surface area contributed by atoms with Crippen molar-refractivity contribution >= 4 is 17.3 Å². The van der Waals surface area contributed by atoms with Gasteiger partial charge in [-0.3, -0.25) is 19.7 Å². The Labute approximate surface area is 204 Å². The lowest BCUT2D eigenvalue weighted by Gasteiger charge is -2.20. The maximum Gasteiger partial charge on any atom is 0.387 e. The lowest BCUT2D eigenvalue weighted by molar-refractivity contribution is -0.0506. The number of nitrogens with one attached hydrogen (secondary N) is 1. The van der Waals surface area contributed by atoms with E-state index in [4.69, 9.17) is 5.73 Å². The predicted molar refractivity (Wildman–Crippen MR) is 127 cm³/mol. The molecule has 0 radical (unpaired) electrons. The summed E-state index contributed by atoms with van der Waals surface area (Å²) in [7, 11) is 0. The summed E-state index contributed by atoms with van der Waals surface area (Å²) in [5, 5.41) is 2.76. The summed E-state index contributed by atoms with van der Waals surface area (Å²) in [6.45, 7) is 0.474. The molecule has 3 N–H and O–H groups in total. The van der Waals surface area contributed by atoms with E-state index in [-0.39, 0.29) is 40.5 Å². The highest BCUT2D eigenvalue weighted by atomic mass is 19.3. The average Bonchev–Trinajstić information content (AvgIpc) is 2.84. The topological polar surface area (TPSA) is 116 Å². The van der Waals surface area contributed by atoms with Crippen LogP contribution in [-0.4, -0.2) is 32.5 Å². The van der Waals surface area contributed by atoms with E-state index in [1.165, 1.54) is 43.0 Å². The molecule has 0 atom stereocenters. The highest BCUT2D eigenvalue weighted by Gasteiger charge is 2.23. The van der Waals surface area contributed by atoms with Gasteiger partial charge in [-0.1, -0.05) is 0 Å². The number of aryl methyl sites for hydroxylation is 2. The predicted octanol–water partition coefficient (Wildman–Crippen LogP) is 4.72. The number of hydrogen-bond acceptors (Lipinski definition) is 7. The van der Waals surface area contributed by atoms with Crippen LogP contribution in [0.4, 0.5) is 24.5 Å². The van der Waals surface area contributed by atoms with E-state index < -0.39 is 18.3 Å². The molecule has 8 nitrogen and oxygen atoms in total. The molecule has 0 bridgehead atoms. The molecule has 184 valence electrons. The van der Waals surface area contributed by atoms with Gasteiger partial charge in [0.25, 0.3) is 5.91 Å². The van der Waals surface area contributed by atoms with Crippen LogP contribution in [0.1, 0.15) is 33.1 Å². The van der Waals surface area contributed by atoms with Gasteiger partial charge in [-0.25, -0.2) is 9.37 Å². The highest BCUT2D eigenvalue weighted by Crippen LogP contribution is 2.39. The third-order valence-corrected chi connectivity index (χ3v) is 5.26. The van der Waals surface area contributed by atoms with Crippen LogP contribution < -0.4 is 15.8 Å². The maximum atomic E-state index is 15.1. The van der Waals surface area contributed by atoms with Crippen LogP contribution >= 0.6 is 0 Å². The smallest absolute Gasteiger partial charge is 0.387 e. The second-order valence-corrected chi connectivity index (χ2v) is 7.86. The van der Waals surface area contributed by atoms with E-state index in [1.807, 2.05) is 0 Å². The Kier molecular flexibility index (Phi) is 7.09. The number of nitrogens with zero attached hydrogens (tertiary/aromatic N) is 4. The van der Waals surface area contributed by atoms with Crippen LogP contribution in [0, 0.1) is 19.7 Å². The molecule has 1 amide bonds. The van der Waals surface area contributed by atoms with Crippen molar-refractivity contribution in [3.63, 3.8) is 0 Å². The van der Waals surface area contributed by atoms with Crippen molar-refractivity contribution in [2.45, 2.75) is 26.9 Å². The molecule has 0 saturated carbocycles. The zero-order valence-electron chi connectivity index (χ0n) is 19.3. The lowest BCUT2D eigenvalue weighted by atomic mass is 9.94. The Morgan fingerprint density at radius 2 is 1.86 bits per heavy atom. The summed E-state index contributed by atoms with van der Waals surface area (Å²) >= 11 is 0. The number of benzene rings is 1. The number of anilines is 2. The molecule has 0 aliphatic rings.